The molecule has 0 radical (unpaired) electrons. The molecule has 2 heterocycles. The average Bonchev–Trinajstić information content (AvgIpc) is 3.05. The summed E-state index contributed by atoms with van der Waals surface area (Å²) in [5.74, 6) is 0.115. The second-order valence-electron chi connectivity index (χ2n) is 4.56. The summed E-state index contributed by atoms with van der Waals surface area (Å²) in [6.07, 6.45) is 3.11. The Bertz CT molecular complexity index is 799. The average molecular weight is 307 g/mol. The fourth-order valence-corrected chi connectivity index (χ4v) is 1.80. The Morgan fingerprint density at radius 2 is 2.00 bits per heavy atom. The summed E-state index contributed by atoms with van der Waals surface area (Å²) in [5, 5.41) is 15.8. The van der Waals surface area contributed by atoms with Gasteiger partial charge in [0, 0.05) is 11.8 Å². The number of hydrazone groups is 1. The molecule has 0 saturated heterocycles. The van der Waals surface area contributed by atoms with Crippen molar-refractivity contribution in [2.75, 3.05) is 0 Å². The number of hydrogen-bond donors (Lipinski definition) is 1. The molecule has 0 saturated carbocycles. The van der Waals surface area contributed by atoms with Gasteiger partial charge in [0.15, 0.2) is 0 Å². The van der Waals surface area contributed by atoms with Crippen LogP contribution in [0.5, 0.6) is 0 Å². The van der Waals surface area contributed by atoms with Crippen molar-refractivity contribution in [3.8, 4) is 11.4 Å². The molecule has 2 aromatic heterocycles. The highest BCUT2D eigenvalue weighted by Crippen LogP contribution is 2.11. The largest absolute Gasteiger partial charge is 0.271 e. The molecule has 1 amide bonds. The van der Waals surface area contributed by atoms with E-state index in [1.165, 1.54) is 11.0 Å². The molecule has 0 bridgehead atoms. The summed E-state index contributed by atoms with van der Waals surface area (Å²) in [5.41, 5.74) is 3.88. The standard InChI is InChI=1S/C15H13N7O/c23-14(18-17-10-13-8-4-5-9-16-13)11-22-20-15(19-21-22)12-6-2-1-3-7-12/h1-10H,11H2,(H,18,23)/b17-10-. The molecule has 1 N–H and O–H groups in total. The van der Waals surface area contributed by atoms with Gasteiger partial charge in [0.05, 0.1) is 11.9 Å². The molecule has 0 unspecified atom stereocenters. The smallest absolute Gasteiger partial charge is 0.263 e. The Morgan fingerprint density at radius 1 is 1.17 bits per heavy atom. The number of pyridine rings is 1. The highest BCUT2D eigenvalue weighted by atomic mass is 16.2. The summed E-state index contributed by atoms with van der Waals surface area (Å²) in [4.78, 5) is 17.0. The third-order valence-electron chi connectivity index (χ3n) is 2.84. The molecule has 3 aromatic rings. The number of rotatable bonds is 5. The van der Waals surface area contributed by atoms with Crippen LogP contribution in [-0.2, 0) is 11.3 Å². The molecule has 23 heavy (non-hydrogen) atoms. The van der Waals surface area contributed by atoms with E-state index in [1.807, 2.05) is 36.4 Å². The van der Waals surface area contributed by atoms with Crippen molar-refractivity contribution in [3.05, 3.63) is 60.4 Å². The predicted octanol–water partition coefficient (Wildman–Crippen LogP) is 0.885. The number of carbonyl (C=O) groups is 1. The maximum atomic E-state index is 11.8. The molecule has 3 rings (SSSR count). The van der Waals surface area contributed by atoms with Crippen molar-refractivity contribution in [1.82, 2.24) is 30.6 Å². The molecule has 8 nitrogen and oxygen atoms in total. The fourth-order valence-electron chi connectivity index (χ4n) is 1.80. The van der Waals surface area contributed by atoms with Gasteiger partial charge in [-0.25, -0.2) is 5.43 Å². The van der Waals surface area contributed by atoms with Gasteiger partial charge in [-0.15, -0.1) is 10.2 Å². The topological polar surface area (TPSA) is 98.0 Å². The zero-order valence-corrected chi connectivity index (χ0v) is 12.1. The number of benzene rings is 1. The molecule has 0 aliphatic rings. The Morgan fingerprint density at radius 3 is 2.78 bits per heavy atom. The van der Waals surface area contributed by atoms with Crippen molar-refractivity contribution >= 4 is 12.1 Å². The van der Waals surface area contributed by atoms with Gasteiger partial charge in [0.1, 0.15) is 6.54 Å². The number of nitrogens with one attached hydrogen (secondary N) is 1. The van der Waals surface area contributed by atoms with Crippen LogP contribution in [0, 0.1) is 0 Å². The van der Waals surface area contributed by atoms with Crippen molar-refractivity contribution < 1.29 is 4.79 Å². The highest BCUT2D eigenvalue weighted by Gasteiger charge is 2.08. The van der Waals surface area contributed by atoms with Crippen molar-refractivity contribution in [2.45, 2.75) is 6.54 Å². The van der Waals surface area contributed by atoms with Crippen LogP contribution in [0.4, 0.5) is 0 Å². The summed E-state index contributed by atoms with van der Waals surface area (Å²) in [6.45, 7) is -0.0700. The lowest BCUT2D eigenvalue weighted by atomic mass is 10.2. The first-order chi connectivity index (χ1) is 11.3. The lowest BCUT2D eigenvalue weighted by Gasteiger charge is -1.97. The van der Waals surface area contributed by atoms with Crippen LogP contribution < -0.4 is 5.43 Å². The van der Waals surface area contributed by atoms with Gasteiger partial charge in [-0.1, -0.05) is 36.4 Å². The van der Waals surface area contributed by atoms with E-state index in [4.69, 9.17) is 0 Å². The monoisotopic (exact) mass is 307 g/mol. The minimum Gasteiger partial charge on any atom is -0.271 e. The Labute approximate surface area is 131 Å². The maximum absolute atomic E-state index is 11.8. The quantitative estimate of drug-likeness (QED) is 0.557. The summed E-state index contributed by atoms with van der Waals surface area (Å²) < 4.78 is 0. The van der Waals surface area contributed by atoms with Crippen LogP contribution in [0.2, 0.25) is 0 Å². The Hall–Kier alpha value is -3.42. The lowest BCUT2D eigenvalue weighted by Crippen LogP contribution is -2.24. The number of amides is 1. The van der Waals surface area contributed by atoms with Gasteiger partial charge in [0.25, 0.3) is 5.91 Å². The third-order valence-corrected chi connectivity index (χ3v) is 2.84. The SMILES string of the molecule is O=C(Cn1nnc(-c2ccccc2)n1)N/N=C\c1ccccn1. The van der Waals surface area contributed by atoms with Gasteiger partial charge in [-0.2, -0.15) is 9.90 Å². The maximum Gasteiger partial charge on any atom is 0.263 e. The molecule has 0 atom stereocenters. The van der Waals surface area contributed by atoms with Gasteiger partial charge < -0.3 is 0 Å². The van der Waals surface area contributed by atoms with E-state index in [0.29, 0.717) is 11.5 Å². The molecule has 114 valence electrons. The van der Waals surface area contributed by atoms with Crippen molar-refractivity contribution in [3.63, 3.8) is 0 Å². The second kappa shape index (κ2) is 7.03. The molecule has 0 aliphatic carbocycles. The normalized spacial score (nSPS) is 10.8. The van der Waals surface area contributed by atoms with Crippen LogP contribution in [0.1, 0.15) is 5.69 Å². The molecular formula is C15H13N7O. The predicted molar refractivity (Wildman–Crippen MR) is 83.2 cm³/mol. The van der Waals surface area contributed by atoms with Gasteiger partial charge >= 0.3 is 0 Å². The number of nitrogens with zero attached hydrogens (tertiary/aromatic N) is 6. The molecule has 0 spiro atoms. The van der Waals surface area contributed by atoms with Crippen LogP contribution >= 0.6 is 0 Å². The Kier molecular flexibility index (Phi) is 4.44. The number of hydrogen-bond acceptors (Lipinski definition) is 6. The molecule has 0 fully saturated rings. The molecule has 0 aliphatic heterocycles. The van der Waals surface area contributed by atoms with E-state index >= 15 is 0 Å². The summed E-state index contributed by atoms with van der Waals surface area (Å²) in [6, 6.07) is 14.8. The van der Waals surface area contributed by atoms with E-state index in [-0.39, 0.29) is 12.5 Å². The number of tetrazole rings is 1. The first-order valence-electron chi connectivity index (χ1n) is 6.87. The summed E-state index contributed by atoms with van der Waals surface area (Å²) >= 11 is 0. The van der Waals surface area contributed by atoms with Gasteiger partial charge in [-0.05, 0) is 17.3 Å². The van der Waals surface area contributed by atoms with Crippen LogP contribution in [0.15, 0.2) is 59.8 Å². The second-order valence-corrected chi connectivity index (χ2v) is 4.56. The Balaban J connectivity index is 1.56. The zero-order chi connectivity index (χ0) is 15.9. The fraction of sp³-hybridized carbons (Fsp3) is 0.0667. The van der Waals surface area contributed by atoms with Gasteiger partial charge in [0.2, 0.25) is 5.82 Å². The van der Waals surface area contributed by atoms with Crippen LogP contribution in [-0.4, -0.2) is 37.3 Å². The molecule has 1 aromatic carbocycles. The van der Waals surface area contributed by atoms with Crippen LogP contribution in [0.25, 0.3) is 11.4 Å². The zero-order valence-electron chi connectivity index (χ0n) is 12.1. The first kappa shape index (κ1) is 14.5. The number of carbonyl (C=O) groups excluding carboxylic acids is 1. The highest BCUT2D eigenvalue weighted by molar-refractivity contribution is 5.80. The first-order valence-corrected chi connectivity index (χ1v) is 6.87. The van der Waals surface area contributed by atoms with E-state index < -0.39 is 0 Å². The number of aromatic nitrogens is 5. The van der Waals surface area contributed by atoms with Gasteiger partial charge in [-0.3, -0.25) is 9.78 Å². The minimum atomic E-state index is -0.353. The van der Waals surface area contributed by atoms with Crippen molar-refractivity contribution in [2.24, 2.45) is 5.10 Å². The molecular weight excluding hydrogens is 294 g/mol. The minimum absolute atomic E-state index is 0.0700. The van der Waals surface area contributed by atoms with Crippen LogP contribution in [0.3, 0.4) is 0 Å². The van der Waals surface area contributed by atoms with E-state index in [2.05, 4.69) is 30.9 Å². The van der Waals surface area contributed by atoms with E-state index in [9.17, 15) is 4.79 Å². The van der Waals surface area contributed by atoms with E-state index in [1.54, 1.807) is 18.3 Å². The van der Waals surface area contributed by atoms with Crippen molar-refractivity contribution in [1.29, 1.82) is 0 Å². The molecule has 8 heteroatoms. The lowest BCUT2D eigenvalue weighted by molar-refractivity contribution is -0.122. The summed E-state index contributed by atoms with van der Waals surface area (Å²) in [7, 11) is 0. The third kappa shape index (κ3) is 4.03. The van der Waals surface area contributed by atoms with E-state index in [0.717, 1.165) is 5.56 Å².